The van der Waals surface area contributed by atoms with Crippen LogP contribution < -0.4 is 5.73 Å². The van der Waals surface area contributed by atoms with Crippen LogP contribution in [0, 0.1) is 0 Å². The van der Waals surface area contributed by atoms with Crippen molar-refractivity contribution >= 4 is 11.6 Å². The van der Waals surface area contributed by atoms with Gasteiger partial charge in [-0.05, 0) is 48.2 Å². The summed E-state index contributed by atoms with van der Waals surface area (Å²) in [6.45, 7) is 0. The fourth-order valence-electron chi connectivity index (χ4n) is 3.83. The fourth-order valence-corrected chi connectivity index (χ4v) is 3.83. The molecule has 1 aliphatic carbocycles. The van der Waals surface area contributed by atoms with Crippen LogP contribution in [0.4, 0.5) is 0 Å². The van der Waals surface area contributed by atoms with Crippen LogP contribution in [0.5, 0.6) is 0 Å². The zero-order chi connectivity index (χ0) is 21.4. The molecular weight excluding hydrogens is 392 g/mol. The molecular formula is C23H18N6O2. The topological polar surface area (TPSA) is 119 Å². The number of hydrogen-bond donors (Lipinski definition) is 2. The van der Waals surface area contributed by atoms with Gasteiger partial charge >= 0.3 is 0 Å². The van der Waals surface area contributed by atoms with Crippen LogP contribution in [0.2, 0.25) is 0 Å². The molecule has 0 bridgehead atoms. The molecule has 152 valence electrons. The van der Waals surface area contributed by atoms with E-state index >= 15 is 0 Å². The number of fused-ring (bicyclic) bond motifs is 1. The van der Waals surface area contributed by atoms with Crippen molar-refractivity contribution < 1.29 is 10.0 Å². The van der Waals surface area contributed by atoms with Crippen molar-refractivity contribution in [2.45, 2.75) is 12.8 Å². The number of benzene rings is 1. The number of pyridine rings is 2. The van der Waals surface area contributed by atoms with Gasteiger partial charge in [-0.3, -0.25) is 9.78 Å². The Morgan fingerprint density at radius 1 is 1.03 bits per heavy atom. The lowest BCUT2D eigenvalue weighted by atomic mass is 9.98. The molecule has 0 spiro atoms. The molecule has 1 aromatic carbocycles. The first kappa shape index (κ1) is 18.7. The smallest absolute Gasteiger partial charge is 0.250 e. The highest BCUT2D eigenvalue weighted by molar-refractivity contribution is 6.04. The van der Waals surface area contributed by atoms with Gasteiger partial charge in [-0.15, -0.1) is 0 Å². The average Bonchev–Trinajstić information content (AvgIpc) is 3.44. The maximum atomic E-state index is 11.3. The summed E-state index contributed by atoms with van der Waals surface area (Å²) in [6, 6.07) is 13.3. The van der Waals surface area contributed by atoms with E-state index in [9.17, 15) is 10.0 Å². The summed E-state index contributed by atoms with van der Waals surface area (Å²) in [4.78, 5) is 19.8. The van der Waals surface area contributed by atoms with Gasteiger partial charge in [0.15, 0.2) is 5.82 Å². The van der Waals surface area contributed by atoms with E-state index in [0.717, 1.165) is 46.4 Å². The number of amides is 1. The summed E-state index contributed by atoms with van der Waals surface area (Å²) in [6.07, 6.45) is 8.37. The maximum Gasteiger partial charge on any atom is 0.250 e. The van der Waals surface area contributed by atoms with E-state index in [2.05, 4.69) is 21.2 Å². The van der Waals surface area contributed by atoms with Gasteiger partial charge in [0.25, 0.3) is 0 Å². The normalized spacial score (nSPS) is 14.0. The zero-order valence-corrected chi connectivity index (χ0v) is 16.4. The van der Waals surface area contributed by atoms with Crippen molar-refractivity contribution in [3.05, 3.63) is 83.9 Å². The first-order valence-electron chi connectivity index (χ1n) is 9.75. The summed E-state index contributed by atoms with van der Waals surface area (Å²) < 4.78 is 1.68. The van der Waals surface area contributed by atoms with E-state index in [4.69, 9.17) is 10.8 Å². The summed E-state index contributed by atoms with van der Waals surface area (Å²) in [5, 5.41) is 17.4. The predicted molar refractivity (Wildman–Crippen MR) is 115 cm³/mol. The van der Waals surface area contributed by atoms with E-state index in [0.29, 0.717) is 17.1 Å². The lowest BCUT2D eigenvalue weighted by Crippen LogP contribution is -2.11. The number of rotatable bonds is 4. The molecule has 0 saturated carbocycles. The molecule has 0 unspecified atom stereocenters. The van der Waals surface area contributed by atoms with Crippen LogP contribution in [0.15, 0.2) is 72.4 Å². The summed E-state index contributed by atoms with van der Waals surface area (Å²) >= 11 is 0. The van der Waals surface area contributed by atoms with E-state index < -0.39 is 5.91 Å². The second-order valence-corrected chi connectivity index (χ2v) is 7.26. The lowest BCUT2D eigenvalue weighted by Gasteiger charge is -2.05. The Hall–Kier alpha value is -4.33. The Morgan fingerprint density at radius 2 is 1.87 bits per heavy atom. The molecule has 31 heavy (non-hydrogen) atoms. The molecule has 4 aromatic rings. The van der Waals surface area contributed by atoms with Gasteiger partial charge in [0.2, 0.25) is 5.91 Å². The van der Waals surface area contributed by atoms with Gasteiger partial charge < -0.3 is 10.9 Å². The number of carbonyl (C=O) groups excluding carboxylic acids is 1. The van der Waals surface area contributed by atoms with Gasteiger partial charge in [-0.1, -0.05) is 23.4 Å². The number of oxime groups is 1. The average molecular weight is 410 g/mol. The Balaban J connectivity index is 1.63. The largest absolute Gasteiger partial charge is 0.411 e. The Kier molecular flexibility index (Phi) is 4.51. The second-order valence-electron chi connectivity index (χ2n) is 7.26. The number of nitrogens with two attached hydrogens (primary N) is 1. The van der Waals surface area contributed by atoms with E-state index in [1.54, 1.807) is 29.2 Å². The van der Waals surface area contributed by atoms with Crippen molar-refractivity contribution in [2.24, 2.45) is 10.9 Å². The number of aromatic nitrogens is 4. The molecule has 5 rings (SSSR count). The van der Waals surface area contributed by atoms with Crippen molar-refractivity contribution in [2.75, 3.05) is 0 Å². The fraction of sp³-hybridized carbons (Fsp3) is 0.0870. The van der Waals surface area contributed by atoms with E-state index in [1.807, 2.05) is 30.5 Å². The molecule has 3 heterocycles. The molecule has 0 aliphatic heterocycles. The van der Waals surface area contributed by atoms with Crippen molar-refractivity contribution in [1.82, 2.24) is 19.7 Å². The van der Waals surface area contributed by atoms with Crippen LogP contribution in [0.25, 0.3) is 28.2 Å². The van der Waals surface area contributed by atoms with Crippen molar-refractivity contribution in [3.8, 4) is 28.2 Å². The third-order valence-corrected chi connectivity index (χ3v) is 5.41. The molecule has 1 amide bonds. The molecule has 3 N–H and O–H groups in total. The number of carbonyl (C=O) groups is 1. The van der Waals surface area contributed by atoms with Crippen LogP contribution in [0.3, 0.4) is 0 Å². The van der Waals surface area contributed by atoms with Crippen LogP contribution in [0.1, 0.15) is 27.9 Å². The number of hydrogen-bond acceptors (Lipinski definition) is 6. The summed E-state index contributed by atoms with van der Waals surface area (Å²) in [5.74, 6) is 0.0454. The summed E-state index contributed by atoms with van der Waals surface area (Å²) in [7, 11) is 0. The molecule has 0 fully saturated rings. The van der Waals surface area contributed by atoms with Crippen LogP contribution >= 0.6 is 0 Å². The minimum absolute atomic E-state index is 0.338. The third-order valence-electron chi connectivity index (χ3n) is 5.41. The molecule has 0 radical (unpaired) electrons. The van der Waals surface area contributed by atoms with Gasteiger partial charge in [0, 0.05) is 41.5 Å². The second kappa shape index (κ2) is 7.49. The highest BCUT2D eigenvalue weighted by atomic mass is 16.4. The molecule has 8 heteroatoms. The molecule has 0 atom stereocenters. The Bertz CT molecular complexity index is 1310. The monoisotopic (exact) mass is 410 g/mol. The Morgan fingerprint density at radius 3 is 2.58 bits per heavy atom. The van der Waals surface area contributed by atoms with Gasteiger partial charge in [-0.25, -0.2) is 9.67 Å². The quantitative estimate of drug-likeness (QED) is 0.395. The first-order valence-corrected chi connectivity index (χ1v) is 9.75. The molecule has 8 nitrogen and oxygen atoms in total. The third kappa shape index (κ3) is 3.33. The standard InChI is InChI=1S/C23H18N6O2/c24-23(30)17-3-6-21(26-12-17)29-13-19(22(27-29)14-7-9-25-10-8-14)16-1-4-18-15(11-16)2-5-20(18)28-31/h1,3-4,6-13,31H,2,5H2,(H2,24,30). The highest BCUT2D eigenvalue weighted by Gasteiger charge is 2.21. The number of primary amides is 1. The number of aryl methyl sites for hydroxylation is 1. The Labute approximate surface area is 177 Å². The van der Waals surface area contributed by atoms with E-state index in [-0.39, 0.29) is 0 Å². The minimum Gasteiger partial charge on any atom is -0.411 e. The van der Waals surface area contributed by atoms with Gasteiger partial charge in [0.1, 0.15) is 5.69 Å². The first-order chi connectivity index (χ1) is 15.1. The van der Waals surface area contributed by atoms with Crippen molar-refractivity contribution in [3.63, 3.8) is 0 Å². The zero-order valence-electron chi connectivity index (χ0n) is 16.4. The SMILES string of the molecule is NC(=O)c1ccc(-n2cc(-c3ccc4c(c3)CCC4=NO)c(-c3ccncc3)n2)nc1. The molecule has 3 aromatic heterocycles. The molecule has 0 saturated heterocycles. The number of nitrogens with zero attached hydrogens (tertiary/aromatic N) is 5. The summed E-state index contributed by atoms with van der Waals surface area (Å²) in [5.41, 5.74) is 12.1. The predicted octanol–water partition coefficient (Wildman–Crippen LogP) is 3.22. The molecule has 1 aliphatic rings. The van der Waals surface area contributed by atoms with Crippen LogP contribution in [-0.2, 0) is 6.42 Å². The highest BCUT2D eigenvalue weighted by Crippen LogP contribution is 2.34. The van der Waals surface area contributed by atoms with Gasteiger partial charge in [0.05, 0.1) is 11.3 Å². The van der Waals surface area contributed by atoms with Crippen molar-refractivity contribution in [1.29, 1.82) is 0 Å². The maximum absolute atomic E-state index is 11.3. The van der Waals surface area contributed by atoms with E-state index in [1.165, 1.54) is 6.20 Å². The minimum atomic E-state index is -0.526. The van der Waals surface area contributed by atoms with Gasteiger partial charge in [-0.2, -0.15) is 5.10 Å². The van der Waals surface area contributed by atoms with Crippen LogP contribution in [-0.4, -0.2) is 36.6 Å². The lowest BCUT2D eigenvalue weighted by molar-refractivity contribution is 0.1000.